The number of aliphatic imine (C=N–C) groups is 1. The van der Waals surface area contributed by atoms with E-state index in [4.69, 9.17) is 28.9 Å². The first-order valence-corrected chi connectivity index (χ1v) is 9.23. The van der Waals surface area contributed by atoms with Crippen LogP contribution in [0, 0.1) is 0 Å². The average Bonchev–Trinajstić information content (AvgIpc) is 3.46. The number of nitrogens with two attached hydrogens (primary N) is 1. The van der Waals surface area contributed by atoms with Crippen molar-refractivity contribution in [2.45, 2.75) is 38.3 Å². The van der Waals surface area contributed by atoms with Crippen molar-refractivity contribution < 1.29 is 18.0 Å². The molecular weight excluding hydrogens is 414 g/mol. The van der Waals surface area contributed by atoms with Crippen molar-refractivity contribution in [3.63, 3.8) is 0 Å². The summed E-state index contributed by atoms with van der Waals surface area (Å²) in [6, 6.07) is 3.91. The Labute approximate surface area is 171 Å². The molecule has 0 spiro atoms. The molecule has 1 aromatic carbocycles. The van der Waals surface area contributed by atoms with Gasteiger partial charge in [0.25, 0.3) is 12.3 Å². The van der Waals surface area contributed by atoms with E-state index in [1.807, 2.05) is 0 Å². The van der Waals surface area contributed by atoms with Crippen LogP contribution >= 0.6 is 23.2 Å². The molecule has 152 valence electrons. The molecule has 0 aromatic heterocycles. The molecule has 4 nitrogen and oxygen atoms in total. The lowest BCUT2D eigenvalue weighted by Gasteiger charge is -2.32. The smallest absolute Gasteiger partial charge is 0.278 e. The Kier molecular flexibility index (Phi) is 7.17. The number of carbonyl (C=O) groups excluding carboxylic acids is 1. The minimum atomic E-state index is -3.20. The topological polar surface area (TPSA) is 58.7 Å². The van der Waals surface area contributed by atoms with Gasteiger partial charge in [0.2, 0.25) is 5.97 Å². The lowest BCUT2D eigenvalue weighted by Crippen LogP contribution is -2.43. The maximum Gasteiger partial charge on any atom is 0.278 e. The van der Waals surface area contributed by atoms with Crippen LogP contribution in [-0.4, -0.2) is 42.3 Å². The molecule has 0 bridgehead atoms. The van der Waals surface area contributed by atoms with Crippen LogP contribution in [0.25, 0.3) is 5.57 Å². The fourth-order valence-corrected chi connectivity index (χ4v) is 3.36. The minimum Gasteiger partial charge on any atom is -0.397 e. The summed E-state index contributed by atoms with van der Waals surface area (Å²) in [6.45, 7) is 5.66. The Morgan fingerprint density at radius 1 is 1.36 bits per heavy atom. The monoisotopic (exact) mass is 433 g/mol. The Balaban J connectivity index is 2.45. The second-order valence-corrected chi connectivity index (χ2v) is 7.26. The van der Waals surface area contributed by atoms with E-state index in [1.165, 1.54) is 11.0 Å². The van der Waals surface area contributed by atoms with Crippen molar-refractivity contribution in [1.82, 2.24) is 4.90 Å². The number of allylic oxidation sites excluding steroid dienone is 1. The lowest BCUT2D eigenvalue weighted by molar-refractivity contribution is -0.128. The Hall–Kier alpha value is -1.99. The SMILES string of the molecule is C=C(c1ccc(Cl)cc1Cl)C(C)N(C(=O)C(C(F)=NC)=C(N)C(F)F)C1CC1. The molecule has 9 heteroatoms. The highest BCUT2D eigenvalue weighted by atomic mass is 35.5. The van der Waals surface area contributed by atoms with Gasteiger partial charge in [0.15, 0.2) is 0 Å². The molecule has 0 radical (unpaired) electrons. The summed E-state index contributed by atoms with van der Waals surface area (Å²) in [7, 11) is 1.05. The molecule has 2 N–H and O–H groups in total. The van der Waals surface area contributed by atoms with Gasteiger partial charge in [-0.3, -0.25) is 9.79 Å². The third-order valence-electron chi connectivity index (χ3n) is 4.51. The van der Waals surface area contributed by atoms with Gasteiger partial charge < -0.3 is 10.6 Å². The number of benzene rings is 1. The summed E-state index contributed by atoms with van der Waals surface area (Å²) in [5, 5.41) is 0.761. The van der Waals surface area contributed by atoms with Crippen molar-refractivity contribution in [3.05, 3.63) is 51.7 Å². The number of nitrogens with zero attached hydrogens (tertiary/aromatic N) is 2. The highest BCUT2D eigenvalue weighted by molar-refractivity contribution is 6.35. The van der Waals surface area contributed by atoms with E-state index >= 15 is 0 Å². The molecule has 0 heterocycles. The summed E-state index contributed by atoms with van der Waals surface area (Å²) >= 11 is 12.1. The summed E-state index contributed by atoms with van der Waals surface area (Å²) < 4.78 is 40.4. The van der Waals surface area contributed by atoms with Gasteiger partial charge in [0.05, 0.1) is 11.7 Å². The first-order chi connectivity index (χ1) is 13.1. The molecule has 1 fully saturated rings. The first kappa shape index (κ1) is 22.3. The zero-order valence-electron chi connectivity index (χ0n) is 15.4. The summed E-state index contributed by atoms with van der Waals surface area (Å²) in [5.41, 5.74) is 4.26. The number of hydrogen-bond donors (Lipinski definition) is 1. The van der Waals surface area contributed by atoms with Crippen LogP contribution in [0.15, 0.2) is 41.0 Å². The van der Waals surface area contributed by atoms with E-state index < -0.39 is 35.6 Å². The molecule has 0 aliphatic heterocycles. The third kappa shape index (κ3) is 4.70. The van der Waals surface area contributed by atoms with Gasteiger partial charge in [0, 0.05) is 23.1 Å². The highest BCUT2D eigenvalue weighted by Gasteiger charge is 2.40. The Bertz CT molecular complexity index is 851. The molecule has 1 aliphatic carbocycles. The van der Waals surface area contributed by atoms with Crippen molar-refractivity contribution >= 4 is 40.6 Å². The van der Waals surface area contributed by atoms with Crippen LogP contribution in [0.3, 0.4) is 0 Å². The number of hydrogen-bond acceptors (Lipinski definition) is 3. The Morgan fingerprint density at radius 3 is 2.43 bits per heavy atom. The molecule has 2 rings (SSSR count). The molecule has 0 saturated heterocycles. The van der Waals surface area contributed by atoms with Gasteiger partial charge in [-0.05, 0) is 43.0 Å². The van der Waals surface area contributed by atoms with Crippen LogP contribution < -0.4 is 5.73 Å². The number of halogens is 5. The van der Waals surface area contributed by atoms with Gasteiger partial charge in [0.1, 0.15) is 5.57 Å². The maximum atomic E-state index is 14.2. The quantitative estimate of drug-likeness (QED) is 0.492. The van der Waals surface area contributed by atoms with Crippen molar-refractivity contribution in [1.29, 1.82) is 0 Å². The summed E-state index contributed by atoms with van der Waals surface area (Å²) in [6.07, 6.45) is -1.88. The predicted molar refractivity (Wildman–Crippen MR) is 107 cm³/mol. The predicted octanol–water partition coefficient (Wildman–Crippen LogP) is 4.86. The second-order valence-electron chi connectivity index (χ2n) is 6.41. The van der Waals surface area contributed by atoms with E-state index in [1.54, 1.807) is 19.1 Å². The second kappa shape index (κ2) is 9.01. The third-order valence-corrected chi connectivity index (χ3v) is 5.06. The molecule has 1 unspecified atom stereocenters. The molecule has 1 saturated carbocycles. The minimum absolute atomic E-state index is 0.240. The van der Waals surface area contributed by atoms with Gasteiger partial charge in [-0.2, -0.15) is 4.39 Å². The van der Waals surface area contributed by atoms with E-state index in [-0.39, 0.29) is 6.04 Å². The zero-order chi connectivity index (χ0) is 21.2. The van der Waals surface area contributed by atoms with E-state index in [0.29, 0.717) is 34.0 Å². The lowest BCUT2D eigenvalue weighted by atomic mass is 9.98. The van der Waals surface area contributed by atoms with E-state index in [2.05, 4.69) is 11.6 Å². The zero-order valence-corrected chi connectivity index (χ0v) is 16.9. The number of rotatable bonds is 7. The first-order valence-electron chi connectivity index (χ1n) is 8.47. The summed E-state index contributed by atoms with van der Waals surface area (Å²) in [5.74, 6) is -2.29. The number of alkyl halides is 2. The highest BCUT2D eigenvalue weighted by Crippen LogP contribution is 2.36. The molecular formula is C19H20Cl2F3N3O. The molecule has 1 aromatic rings. The molecule has 1 atom stereocenters. The van der Waals surface area contributed by atoms with Gasteiger partial charge in [-0.25, -0.2) is 8.78 Å². The standard InChI is InChI=1S/C19H20Cl2F3N3O/c1-9(13-7-4-11(20)8-14(13)21)10(2)27(12-5-6-12)19(28)15(18(24)26-3)16(25)17(22)23/h4,7-8,10,12,17H,1,5-6,25H2,2-3H3. The molecule has 28 heavy (non-hydrogen) atoms. The maximum absolute atomic E-state index is 14.2. The van der Waals surface area contributed by atoms with Crippen molar-refractivity contribution in [3.8, 4) is 0 Å². The van der Waals surface area contributed by atoms with Crippen LogP contribution in [0.1, 0.15) is 25.3 Å². The van der Waals surface area contributed by atoms with Crippen LogP contribution in [0.5, 0.6) is 0 Å². The van der Waals surface area contributed by atoms with E-state index in [9.17, 15) is 18.0 Å². The number of carbonyl (C=O) groups is 1. The van der Waals surface area contributed by atoms with Crippen molar-refractivity contribution in [2.75, 3.05) is 7.05 Å². The number of amides is 1. The normalized spacial score (nSPS) is 16.6. The largest absolute Gasteiger partial charge is 0.397 e. The Morgan fingerprint density at radius 2 is 1.96 bits per heavy atom. The van der Waals surface area contributed by atoms with Gasteiger partial charge in [-0.1, -0.05) is 35.8 Å². The summed E-state index contributed by atoms with van der Waals surface area (Å²) in [4.78, 5) is 17.6. The van der Waals surface area contributed by atoms with Crippen molar-refractivity contribution in [2.24, 2.45) is 10.7 Å². The van der Waals surface area contributed by atoms with Gasteiger partial charge >= 0.3 is 0 Å². The fraction of sp³-hybridized carbons (Fsp3) is 0.368. The van der Waals surface area contributed by atoms with Crippen LogP contribution in [0.4, 0.5) is 13.2 Å². The van der Waals surface area contributed by atoms with Crippen LogP contribution in [0.2, 0.25) is 10.0 Å². The average molecular weight is 434 g/mol. The fourth-order valence-electron chi connectivity index (χ4n) is 2.83. The van der Waals surface area contributed by atoms with E-state index in [0.717, 1.165) is 7.05 Å². The molecule has 1 aliphatic rings. The van der Waals surface area contributed by atoms with Crippen LogP contribution in [-0.2, 0) is 4.79 Å². The van der Waals surface area contributed by atoms with Gasteiger partial charge in [-0.15, -0.1) is 0 Å². The molecule has 1 amide bonds.